The van der Waals surface area contributed by atoms with E-state index in [4.69, 9.17) is 4.98 Å². The van der Waals surface area contributed by atoms with Gasteiger partial charge in [-0.15, -0.1) is 0 Å². The van der Waals surface area contributed by atoms with Crippen molar-refractivity contribution in [1.29, 1.82) is 0 Å². The number of aromatic nitrogens is 2. The summed E-state index contributed by atoms with van der Waals surface area (Å²) in [6.07, 6.45) is 0. The van der Waals surface area contributed by atoms with Crippen LogP contribution in [0.2, 0.25) is 0 Å². The molecule has 3 rings (SSSR count). The Hall–Kier alpha value is -1.46. The van der Waals surface area contributed by atoms with Crippen LogP contribution in [-0.2, 0) is 6.54 Å². The average Bonchev–Trinajstić information content (AvgIpc) is 2.85. The number of halogens is 1. The highest BCUT2D eigenvalue weighted by atomic mass is 19.1. The molecule has 4 nitrogen and oxygen atoms in total. The first-order chi connectivity index (χ1) is 9.70. The molecule has 1 fully saturated rings. The first-order valence-electron chi connectivity index (χ1n) is 7.31. The average molecular weight is 276 g/mol. The second-order valence-corrected chi connectivity index (χ2v) is 5.31. The number of hydrogen-bond donors (Lipinski definition) is 1. The van der Waals surface area contributed by atoms with E-state index in [-0.39, 0.29) is 11.9 Å². The number of imidazole rings is 1. The van der Waals surface area contributed by atoms with Gasteiger partial charge in [-0.2, -0.15) is 0 Å². The van der Waals surface area contributed by atoms with Crippen molar-refractivity contribution in [3.8, 4) is 0 Å². The fourth-order valence-electron chi connectivity index (χ4n) is 3.00. The van der Waals surface area contributed by atoms with Crippen LogP contribution in [0.1, 0.15) is 25.7 Å². The Morgan fingerprint density at radius 2 is 2.10 bits per heavy atom. The maximum atomic E-state index is 13.5. The molecular formula is C15H21FN4. The number of piperazine rings is 1. The molecule has 5 heteroatoms. The van der Waals surface area contributed by atoms with Gasteiger partial charge in [-0.25, -0.2) is 9.37 Å². The van der Waals surface area contributed by atoms with E-state index in [1.807, 2.05) is 0 Å². The number of hydrogen-bond acceptors (Lipinski definition) is 3. The normalized spacial score (nSPS) is 18.6. The van der Waals surface area contributed by atoms with E-state index < -0.39 is 0 Å². The van der Waals surface area contributed by atoms with Crippen LogP contribution < -0.4 is 5.32 Å². The third-order valence-electron chi connectivity index (χ3n) is 4.13. The van der Waals surface area contributed by atoms with Crippen LogP contribution >= 0.6 is 0 Å². The SMILES string of the molecule is CCn1c(C(C)N2CCNCC2)nc2ccc(F)cc21. The van der Waals surface area contributed by atoms with E-state index >= 15 is 0 Å². The van der Waals surface area contributed by atoms with Gasteiger partial charge in [0.1, 0.15) is 11.6 Å². The summed E-state index contributed by atoms with van der Waals surface area (Å²) in [5.41, 5.74) is 1.77. The Balaban J connectivity index is 2.01. The molecule has 1 aromatic carbocycles. The lowest BCUT2D eigenvalue weighted by Crippen LogP contribution is -2.45. The Bertz CT molecular complexity index is 601. The number of fused-ring (bicyclic) bond motifs is 1. The van der Waals surface area contributed by atoms with Crippen molar-refractivity contribution < 1.29 is 4.39 Å². The van der Waals surface area contributed by atoms with E-state index in [0.29, 0.717) is 0 Å². The zero-order chi connectivity index (χ0) is 14.1. The molecule has 0 saturated carbocycles. The van der Waals surface area contributed by atoms with Gasteiger partial charge in [0, 0.05) is 32.7 Å². The van der Waals surface area contributed by atoms with Gasteiger partial charge in [-0.3, -0.25) is 4.90 Å². The van der Waals surface area contributed by atoms with Crippen LogP contribution in [0.3, 0.4) is 0 Å². The molecule has 0 radical (unpaired) electrons. The number of nitrogens with zero attached hydrogens (tertiary/aromatic N) is 3. The number of nitrogens with one attached hydrogen (secondary N) is 1. The summed E-state index contributed by atoms with van der Waals surface area (Å²) >= 11 is 0. The van der Waals surface area contributed by atoms with Crippen molar-refractivity contribution in [3.63, 3.8) is 0 Å². The highest BCUT2D eigenvalue weighted by Gasteiger charge is 2.23. The fourth-order valence-corrected chi connectivity index (χ4v) is 3.00. The third-order valence-corrected chi connectivity index (χ3v) is 4.13. The highest BCUT2D eigenvalue weighted by molar-refractivity contribution is 5.76. The summed E-state index contributed by atoms with van der Waals surface area (Å²) in [7, 11) is 0. The molecule has 20 heavy (non-hydrogen) atoms. The van der Waals surface area contributed by atoms with Crippen molar-refractivity contribution in [2.24, 2.45) is 0 Å². The van der Waals surface area contributed by atoms with Gasteiger partial charge in [0.05, 0.1) is 17.1 Å². The molecule has 0 spiro atoms. The second-order valence-electron chi connectivity index (χ2n) is 5.31. The van der Waals surface area contributed by atoms with Crippen molar-refractivity contribution in [2.45, 2.75) is 26.4 Å². The molecular weight excluding hydrogens is 255 g/mol. The Morgan fingerprint density at radius 1 is 1.35 bits per heavy atom. The maximum Gasteiger partial charge on any atom is 0.127 e. The maximum absolute atomic E-state index is 13.5. The topological polar surface area (TPSA) is 33.1 Å². The Morgan fingerprint density at radius 3 is 2.80 bits per heavy atom. The minimum absolute atomic E-state index is 0.200. The smallest absolute Gasteiger partial charge is 0.127 e. The van der Waals surface area contributed by atoms with E-state index in [0.717, 1.165) is 49.6 Å². The molecule has 1 aliphatic heterocycles. The summed E-state index contributed by atoms with van der Waals surface area (Å²) in [4.78, 5) is 7.16. The molecule has 1 atom stereocenters. The molecule has 2 aromatic rings. The zero-order valence-electron chi connectivity index (χ0n) is 12.1. The molecule has 1 aliphatic rings. The Labute approximate surface area is 118 Å². The highest BCUT2D eigenvalue weighted by Crippen LogP contribution is 2.25. The Kier molecular flexibility index (Phi) is 3.72. The molecule has 2 heterocycles. The quantitative estimate of drug-likeness (QED) is 0.932. The zero-order valence-corrected chi connectivity index (χ0v) is 12.1. The molecule has 0 bridgehead atoms. The van der Waals surface area contributed by atoms with Gasteiger partial charge >= 0.3 is 0 Å². The number of rotatable bonds is 3. The van der Waals surface area contributed by atoms with Crippen LogP contribution in [0.5, 0.6) is 0 Å². The lowest BCUT2D eigenvalue weighted by atomic mass is 10.2. The number of aryl methyl sites for hydroxylation is 1. The van der Waals surface area contributed by atoms with Gasteiger partial charge in [-0.1, -0.05) is 0 Å². The van der Waals surface area contributed by atoms with Gasteiger partial charge in [0.2, 0.25) is 0 Å². The monoisotopic (exact) mass is 276 g/mol. The summed E-state index contributed by atoms with van der Waals surface area (Å²) < 4.78 is 15.6. The van der Waals surface area contributed by atoms with Crippen LogP contribution in [-0.4, -0.2) is 40.6 Å². The van der Waals surface area contributed by atoms with Crippen molar-refractivity contribution in [1.82, 2.24) is 19.8 Å². The summed E-state index contributed by atoms with van der Waals surface area (Å²) in [5.74, 6) is 0.837. The fraction of sp³-hybridized carbons (Fsp3) is 0.533. The van der Waals surface area contributed by atoms with Crippen molar-refractivity contribution >= 4 is 11.0 Å². The van der Waals surface area contributed by atoms with Crippen LogP contribution in [0, 0.1) is 5.82 Å². The molecule has 1 aromatic heterocycles. The first-order valence-corrected chi connectivity index (χ1v) is 7.31. The largest absolute Gasteiger partial charge is 0.327 e. The van der Waals surface area contributed by atoms with Crippen molar-refractivity contribution in [3.05, 3.63) is 29.8 Å². The van der Waals surface area contributed by atoms with E-state index in [2.05, 4.69) is 28.6 Å². The minimum atomic E-state index is -0.200. The predicted octanol–water partition coefficient (Wildman–Crippen LogP) is 2.16. The first kappa shape index (κ1) is 13.5. The van der Waals surface area contributed by atoms with E-state index in [1.165, 1.54) is 6.07 Å². The molecule has 0 aliphatic carbocycles. The lowest BCUT2D eigenvalue weighted by Gasteiger charge is -2.32. The summed E-state index contributed by atoms with van der Waals surface area (Å²) in [6, 6.07) is 5.09. The standard InChI is InChI=1S/C15H21FN4/c1-3-20-14-10-12(16)4-5-13(14)18-15(20)11(2)19-8-6-17-7-9-19/h4-5,10-11,17H,3,6-9H2,1-2H3. The number of benzene rings is 1. The predicted molar refractivity (Wildman–Crippen MR) is 78.2 cm³/mol. The minimum Gasteiger partial charge on any atom is -0.327 e. The van der Waals surface area contributed by atoms with E-state index in [9.17, 15) is 4.39 Å². The van der Waals surface area contributed by atoms with Gasteiger partial charge in [0.25, 0.3) is 0 Å². The van der Waals surface area contributed by atoms with Crippen LogP contribution in [0.4, 0.5) is 4.39 Å². The van der Waals surface area contributed by atoms with Gasteiger partial charge in [-0.05, 0) is 32.0 Å². The van der Waals surface area contributed by atoms with Gasteiger partial charge < -0.3 is 9.88 Å². The van der Waals surface area contributed by atoms with Gasteiger partial charge in [0.15, 0.2) is 0 Å². The molecule has 1 unspecified atom stereocenters. The molecule has 1 saturated heterocycles. The summed E-state index contributed by atoms with van der Waals surface area (Å²) in [5, 5.41) is 3.37. The summed E-state index contributed by atoms with van der Waals surface area (Å²) in [6.45, 7) is 9.18. The molecule has 0 amide bonds. The second kappa shape index (κ2) is 5.50. The van der Waals surface area contributed by atoms with Crippen LogP contribution in [0.25, 0.3) is 11.0 Å². The lowest BCUT2D eigenvalue weighted by molar-refractivity contribution is 0.176. The third kappa shape index (κ3) is 2.31. The van der Waals surface area contributed by atoms with E-state index in [1.54, 1.807) is 12.1 Å². The van der Waals surface area contributed by atoms with Crippen molar-refractivity contribution in [2.75, 3.05) is 26.2 Å². The van der Waals surface area contributed by atoms with Crippen LogP contribution in [0.15, 0.2) is 18.2 Å². The molecule has 108 valence electrons. The molecule has 1 N–H and O–H groups in total.